The van der Waals surface area contributed by atoms with Gasteiger partial charge in [-0.1, -0.05) is 43.3 Å². The van der Waals surface area contributed by atoms with Crippen LogP contribution in [0.2, 0.25) is 0 Å². The molecule has 0 aromatic heterocycles. The summed E-state index contributed by atoms with van der Waals surface area (Å²) in [4.78, 5) is 16.6. The Kier molecular flexibility index (Phi) is 5.90. The van der Waals surface area contributed by atoms with Crippen molar-refractivity contribution in [1.29, 1.82) is 5.41 Å². The zero-order chi connectivity index (χ0) is 22.0. The van der Waals surface area contributed by atoms with Crippen LogP contribution < -0.4 is 9.47 Å². The van der Waals surface area contributed by atoms with Gasteiger partial charge < -0.3 is 9.47 Å². The van der Waals surface area contributed by atoms with E-state index in [1.165, 1.54) is 16.8 Å². The summed E-state index contributed by atoms with van der Waals surface area (Å²) >= 11 is 1.32. The number of nitrogens with zero attached hydrogens (tertiary/aromatic N) is 3. The number of amides is 1. The molecule has 2 aliphatic heterocycles. The minimum atomic E-state index is -0.451. The molecule has 0 spiro atoms. The Balaban J connectivity index is 1.59. The van der Waals surface area contributed by atoms with Crippen molar-refractivity contribution >= 4 is 39.8 Å². The van der Waals surface area contributed by atoms with Gasteiger partial charge in [0.15, 0.2) is 17.3 Å². The standard InChI is InChI=1S/C23H22N4O3S/c1-4-20-26-27-21(24)17(22(28)25-23(27)31-20)12-15-10-11-18(19(13-15)29-3)30-14(2)16-8-6-5-7-9-16/h5-14,24H,4H2,1-3H3. The fraction of sp³-hybridized carbons (Fsp3) is 0.217. The van der Waals surface area contributed by atoms with Crippen LogP contribution in [0.25, 0.3) is 6.08 Å². The maximum absolute atomic E-state index is 12.5. The van der Waals surface area contributed by atoms with Crippen molar-refractivity contribution in [3.63, 3.8) is 0 Å². The number of carbonyl (C=O) groups excluding carboxylic acids is 1. The molecular weight excluding hydrogens is 412 g/mol. The average molecular weight is 435 g/mol. The molecule has 0 saturated carbocycles. The normalized spacial score (nSPS) is 17.9. The summed E-state index contributed by atoms with van der Waals surface area (Å²) in [5.41, 5.74) is 1.94. The number of hydrogen-bond acceptors (Lipinski definition) is 6. The molecule has 2 aromatic rings. The van der Waals surface area contributed by atoms with Gasteiger partial charge in [-0.2, -0.15) is 15.1 Å². The first kappa shape index (κ1) is 20.9. The molecule has 0 bridgehead atoms. The Bertz CT molecular complexity index is 1120. The number of aliphatic imine (C=N–C) groups is 1. The number of thioether (sulfide) groups is 1. The first-order valence-electron chi connectivity index (χ1n) is 9.89. The zero-order valence-corrected chi connectivity index (χ0v) is 18.3. The van der Waals surface area contributed by atoms with Crippen molar-refractivity contribution in [3.05, 3.63) is 65.2 Å². The molecule has 0 saturated heterocycles. The maximum Gasteiger partial charge on any atom is 0.283 e. The first-order valence-corrected chi connectivity index (χ1v) is 10.7. The van der Waals surface area contributed by atoms with Gasteiger partial charge in [-0.25, -0.2) is 0 Å². The maximum atomic E-state index is 12.5. The highest BCUT2D eigenvalue weighted by Gasteiger charge is 2.35. The van der Waals surface area contributed by atoms with Gasteiger partial charge in [0.2, 0.25) is 5.17 Å². The number of hydrazone groups is 1. The van der Waals surface area contributed by atoms with E-state index in [1.807, 2.05) is 50.2 Å². The second-order valence-electron chi connectivity index (χ2n) is 6.95. The van der Waals surface area contributed by atoms with Crippen molar-refractivity contribution in [2.24, 2.45) is 10.1 Å². The largest absolute Gasteiger partial charge is 0.493 e. The molecular formula is C23H22N4O3S. The molecule has 2 heterocycles. The molecule has 8 heteroatoms. The van der Waals surface area contributed by atoms with Crippen molar-refractivity contribution in [2.75, 3.05) is 7.11 Å². The van der Waals surface area contributed by atoms with Crippen molar-refractivity contribution < 1.29 is 14.3 Å². The van der Waals surface area contributed by atoms with E-state index in [4.69, 9.17) is 14.9 Å². The monoisotopic (exact) mass is 434 g/mol. The number of carbonyl (C=O) groups is 1. The third-order valence-electron chi connectivity index (χ3n) is 4.87. The summed E-state index contributed by atoms with van der Waals surface area (Å²) in [6, 6.07) is 15.3. The minimum Gasteiger partial charge on any atom is -0.493 e. The fourth-order valence-corrected chi connectivity index (χ4v) is 4.02. The lowest BCUT2D eigenvalue weighted by Crippen LogP contribution is -2.35. The van der Waals surface area contributed by atoms with Crippen LogP contribution in [0.5, 0.6) is 11.5 Å². The van der Waals surface area contributed by atoms with Gasteiger partial charge in [0.25, 0.3) is 5.91 Å². The second-order valence-corrected chi connectivity index (χ2v) is 7.99. The smallest absolute Gasteiger partial charge is 0.283 e. The quantitative estimate of drug-likeness (QED) is 0.656. The molecule has 2 aliphatic rings. The van der Waals surface area contributed by atoms with Gasteiger partial charge >= 0.3 is 0 Å². The topological polar surface area (TPSA) is 87.3 Å². The summed E-state index contributed by atoms with van der Waals surface area (Å²) in [5.74, 6) is 0.704. The van der Waals surface area contributed by atoms with E-state index >= 15 is 0 Å². The molecule has 158 valence electrons. The highest BCUT2D eigenvalue weighted by Crippen LogP contribution is 2.34. The van der Waals surface area contributed by atoms with Crippen LogP contribution >= 0.6 is 11.8 Å². The van der Waals surface area contributed by atoms with Crippen LogP contribution in [0.4, 0.5) is 0 Å². The average Bonchev–Trinajstić information content (AvgIpc) is 3.21. The summed E-state index contributed by atoms with van der Waals surface area (Å²) < 4.78 is 11.6. The first-order chi connectivity index (χ1) is 15.0. The van der Waals surface area contributed by atoms with Gasteiger partial charge in [-0.05, 0) is 54.4 Å². The highest BCUT2D eigenvalue weighted by atomic mass is 32.2. The Morgan fingerprint density at radius 2 is 1.97 bits per heavy atom. The molecule has 4 rings (SSSR count). The number of ether oxygens (including phenoxy) is 2. The SMILES string of the molecule is CCC1=NN2C(=N)C(=Cc3ccc(OC(C)c4ccccc4)c(OC)c3)C(=O)N=C2S1. The molecule has 2 aromatic carbocycles. The van der Waals surface area contributed by atoms with Crippen LogP contribution in [0.15, 0.2) is 64.2 Å². The molecule has 1 unspecified atom stereocenters. The fourth-order valence-electron chi connectivity index (χ4n) is 3.20. The predicted octanol–water partition coefficient (Wildman–Crippen LogP) is 4.86. The number of hydrogen-bond donors (Lipinski definition) is 1. The summed E-state index contributed by atoms with van der Waals surface area (Å²) in [5, 5.41) is 15.5. The Hall–Kier alpha value is -3.39. The van der Waals surface area contributed by atoms with Gasteiger partial charge in [-0.15, -0.1) is 0 Å². The van der Waals surface area contributed by atoms with Crippen LogP contribution in [0, 0.1) is 5.41 Å². The Morgan fingerprint density at radius 1 is 1.19 bits per heavy atom. The van der Waals surface area contributed by atoms with Crippen LogP contribution in [-0.2, 0) is 4.79 Å². The molecule has 31 heavy (non-hydrogen) atoms. The molecule has 1 atom stereocenters. The third kappa shape index (κ3) is 4.25. The number of methoxy groups -OCH3 is 1. The Morgan fingerprint density at radius 3 is 2.68 bits per heavy atom. The van der Waals surface area contributed by atoms with Crippen molar-refractivity contribution in [1.82, 2.24) is 5.01 Å². The van der Waals surface area contributed by atoms with Gasteiger partial charge in [0.05, 0.1) is 12.7 Å². The van der Waals surface area contributed by atoms with Crippen molar-refractivity contribution in [3.8, 4) is 11.5 Å². The summed E-state index contributed by atoms with van der Waals surface area (Å²) in [7, 11) is 1.57. The van der Waals surface area contributed by atoms with E-state index in [2.05, 4.69) is 10.1 Å². The number of nitrogens with one attached hydrogen (secondary N) is 1. The number of amidine groups is 2. The van der Waals surface area contributed by atoms with Gasteiger partial charge in [-0.3, -0.25) is 10.2 Å². The third-order valence-corrected chi connectivity index (χ3v) is 5.92. The minimum absolute atomic E-state index is 0.0166. The second kappa shape index (κ2) is 8.77. The number of benzene rings is 2. The zero-order valence-electron chi connectivity index (χ0n) is 17.5. The highest BCUT2D eigenvalue weighted by molar-refractivity contribution is 8.26. The number of rotatable bonds is 6. The molecule has 1 N–H and O–H groups in total. The molecule has 0 aliphatic carbocycles. The predicted molar refractivity (Wildman–Crippen MR) is 124 cm³/mol. The van der Waals surface area contributed by atoms with E-state index in [0.717, 1.165) is 17.0 Å². The lowest BCUT2D eigenvalue weighted by molar-refractivity contribution is -0.114. The molecule has 1 amide bonds. The van der Waals surface area contributed by atoms with Crippen LogP contribution in [0.3, 0.4) is 0 Å². The van der Waals surface area contributed by atoms with E-state index < -0.39 is 5.91 Å². The summed E-state index contributed by atoms with van der Waals surface area (Å²) in [6.45, 7) is 3.95. The van der Waals surface area contributed by atoms with Crippen molar-refractivity contribution in [2.45, 2.75) is 26.4 Å². The molecule has 0 fully saturated rings. The van der Waals surface area contributed by atoms with Crippen LogP contribution in [-0.4, -0.2) is 34.1 Å². The van der Waals surface area contributed by atoms with E-state index in [1.54, 1.807) is 25.3 Å². The summed E-state index contributed by atoms with van der Waals surface area (Å²) in [6.07, 6.45) is 2.20. The molecule has 7 nitrogen and oxygen atoms in total. The van der Waals surface area contributed by atoms with E-state index in [0.29, 0.717) is 22.2 Å². The lowest BCUT2D eigenvalue weighted by Gasteiger charge is -2.20. The van der Waals surface area contributed by atoms with E-state index in [-0.39, 0.29) is 17.5 Å². The van der Waals surface area contributed by atoms with Gasteiger partial charge in [0.1, 0.15) is 11.1 Å². The number of fused-ring (bicyclic) bond motifs is 1. The molecule has 0 radical (unpaired) electrons. The van der Waals surface area contributed by atoms with E-state index in [9.17, 15) is 4.79 Å². The lowest BCUT2D eigenvalue weighted by atomic mass is 10.1. The van der Waals surface area contributed by atoms with Gasteiger partial charge in [0, 0.05) is 0 Å². The Labute approximate surface area is 185 Å². The van der Waals surface area contributed by atoms with Crippen LogP contribution in [0.1, 0.15) is 37.5 Å².